The predicted octanol–water partition coefficient (Wildman–Crippen LogP) is 5.00. The van der Waals surface area contributed by atoms with Crippen molar-refractivity contribution in [2.75, 3.05) is 5.88 Å². The topological polar surface area (TPSA) is 0 Å². The Balaban J connectivity index is 2.91. The van der Waals surface area contributed by atoms with Crippen molar-refractivity contribution in [1.29, 1.82) is 0 Å². The fourth-order valence-corrected chi connectivity index (χ4v) is 1.57. The van der Waals surface area contributed by atoms with Crippen molar-refractivity contribution in [3.8, 4) is 0 Å². The molecule has 0 saturated carbocycles. The van der Waals surface area contributed by atoms with Crippen LogP contribution in [0.1, 0.15) is 17.5 Å². The number of benzene rings is 1. The van der Waals surface area contributed by atoms with Gasteiger partial charge < -0.3 is 0 Å². The lowest BCUT2D eigenvalue weighted by atomic mass is 10.1. The molecule has 0 saturated heterocycles. The SMILES string of the molecule is FC(F)(F)c1ccc(C=CCCCl)cc1Cl. The van der Waals surface area contributed by atoms with Crippen LogP contribution in [0.25, 0.3) is 6.08 Å². The van der Waals surface area contributed by atoms with Gasteiger partial charge in [0.05, 0.1) is 10.6 Å². The van der Waals surface area contributed by atoms with Crippen LogP contribution in [0.4, 0.5) is 13.2 Å². The molecule has 1 rings (SSSR count). The number of halogens is 5. The van der Waals surface area contributed by atoms with Crippen LogP contribution in [-0.2, 0) is 6.18 Å². The summed E-state index contributed by atoms with van der Waals surface area (Å²) in [5.74, 6) is 0.477. The molecule has 0 aliphatic rings. The zero-order valence-corrected chi connectivity index (χ0v) is 9.70. The second kappa shape index (κ2) is 5.60. The molecule has 16 heavy (non-hydrogen) atoms. The molecule has 0 atom stereocenters. The third kappa shape index (κ3) is 3.72. The molecule has 1 aromatic carbocycles. The summed E-state index contributed by atoms with van der Waals surface area (Å²) in [5, 5.41) is -0.291. The molecule has 0 aromatic heterocycles. The Kier molecular flexibility index (Phi) is 4.69. The molecule has 0 unspecified atom stereocenters. The van der Waals surface area contributed by atoms with Crippen LogP contribution >= 0.6 is 23.2 Å². The minimum Gasteiger partial charge on any atom is -0.166 e. The van der Waals surface area contributed by atoms with Crippen LogP contribution in [0.3, 0.4) is 0 Å². The molecule has 88 valence electrons. The first kappa shape index (κ1) is 13.4. The second-order valence-corrected chi connectivity index (χ2v) is 3.90. The Labute approximate surface area is 102 Å². The first-order valence-corrected chi connectivity index (χ1v) is 5.45. The van der Waals surface area contributed by atoms with E-state index in [0.717, 1.165) is 6.07 Å². The summed E-state index contributed by atoms with van der Waals surface area (Å²) in [5.41, 5.74) is -0.188. The van der Waals surface area contributed by atoms with E-state index >= 15 is 0 Å². The van der Waals surface area contributed by atoms with Crippen LogP contribution in [0, 0.1) is 0 Å². The Bertz CT molecular complexity index is 383. The smallest absolute Gasteiger partial charge is 0.166 e. The minimum absolute atomic E-state index is 0.291. The first-order valence-electron chi connectivity index (χ1n) is 4.54. The summed E-state index contributed by atoms with van der Waals surface area (Å²) in [6, 6.07) is 3.64. The first-order chi connectivity index (χ1) is 7.45. The molecule has 0 heterocycles. The summed E-state index contributed by atoms with van der Waals surface area (Å²) in [7, 11) is 0. The van der Waals surface area contributed by atoms with E-state index in [-0.39, 0.29) is 5.02 Å². The summed E-state index contributed by atoms with van der Waals surface area (Å²) < 4.78 is 37.1. The van der Waals surface area contributed by atoms with Gasteiger partial charge in [0.25, 0.3) is 0 Å². The molecular formula is C11H9Cl2F3. The monoisotopic (exact) mass is 268 g/mol. The molecule has 0 fully saturated rings. The Hall–Kier alpha value is -0.670. The highest BCUT2D eigenvalue weighted by molar-refractivity contribution is 6.31. The third-order valence-electron chi connectivity index (χ3n) is 1.88. The molecule has 0 nitrogen and oxygen atoms in total. The molecule has 0 spiro atoms. The van der Waals surface area contributed by atoms with Gasteiger partial charge in [0.15, 0.2) is 0 Å². The van der Waals surface area contributed by atoms with Crippen LogP contribution in [-0.4, -0.2) is 5.88 Å². The summed E-state index contributed by atoms with van der Waals surface area (Å²) in [6.45, 7) is 0. The molecule has 0 aliphatic carbocycles. The number of rotatable bonds is 3. The van der Waals surface area contributed by atoms with Gasteiger partial charge in [-0.25, -0.2) is 0 Å². The zero-order chi connectivity index (χ0) is 12.2. The van der Waals surface area contributed by atoms with Crippen molar-refractivity contribution in [2.45, 2.75) is 12.6 Å². The lowest BCUT2D eigenvalue weighted by molar-refractivity contribution is -0.137. The van der Waals surface area contributed by atoms with E-state index in [1.54, 1.807) is 12.2 Å². The van der Waals surface area contributed by atoms with Gasteiger partial charge in [0.1, 0.15) is 0 Å². The van der Waals surface area contributed by atoms with E-state index in [1.807, 2.05) is 0 Å². The fraction of sp³-hybridized carbons (Fsp3) is 0.273. The number of allylic oxidation sites excluding steroid dienone is 1. The molecule has 5 heteroatoms. The molecule has 0 amide bonds. The van der Waals surface area contributed by atoms with Gasteiger partial charge in [-0.1, -0.05) is 29.8 Å². The van der Waals surface area contributed by atoms with Crippen molar-refractivity contribution in [1.82, 2.24) is 0 Å². The Morgan fingerprint density at radius 1 is 1.25 bits per heavy atom. The second-order valence-electron chi connectivity index (χ2n) is 3.12. The van der Waals surface area contributed by atoms with Crippen molar-refractivity contribution in [2.24, 2.45) is 0 Å². The third-order valence-corrected chi connectivity index (χ3v) is 2.42. The zero-order valence-electron chi connectivity index (χ0n) is 8.19. The highest BCUT2D eigenvalue weighted by atomic mass is 35.5. The van der Waals surface area contributed by atoms with Crippen molar-refractivity contribution in [3.63, 3.8) is 0 Å². The quantitative estimate of drug-likeness (QED) is 0.677. The average Bonchev–Trinajstić information content (AvgIpc) is 2.16. The molecular weight excluding hydrogens is 260 g/mol. The standard InChI is InChI=1S/C11H9Cl2F3/c12-6-2-1-3-8-4-5-9(10(13)7-8)11(14,15)16/h1,3-5,7H,2,6H2. The lowest BCUT2D eigenvalue weighted by Gasteiger charge is -2.08. The maximum Gasteiger partial charge on any atom is 0.417 e. The van der Waals surface area contributed by atoms with E-state index in [9.17, 15) is 13.2 Å². The van der Waals surface area contributed by atoms with E-state index < -0.39 is 11.7 Å². The number of alkyl halides is 4. The maximum atomic E-state index is 12.4. The largest absolute Gasteiger partial charge is 0.417 e. The highest BCUT2D eigenvalue weighted by Gasteiger charge is 2.32. The van der Waals surface area contributed by atoms with Crippen LogP contribution < -0.4 is 0 Å². The predicted molar refractivity (Wildman–Crippen MR) is 60.8 cm³/mol. The van der Waals surface area contributed by atoms with Gasteiger partial charge in [0, 0.05) is 5.88 Å². The van der Waals surface area contributed by atoms with Gasteiger partial charge in [-0.2, -0.15) is 13.2 Å². The van der Waals surface area contributed by atoms with Gasteiger partial charge in [0.2, 0.25) is 0 Å². The molecule has 0 bridgehead atoms. The van der Waals surface area contributed by atoms with Crippen LogP contribution in [0.15, 0.2) is 24.3 Å². The highest BCUT2D eigenvalue weighted by Crippen LogP contribution is 2.35. The Morgan fingerprint density at radius 3 is 2.44 bits per heavy atom. The van der Waals surface area contributed by atoms with E-state index in [0.29, 0.717) is 17.9 Å². The minimum atomic E-state index is -4.41. The molecule has 1 aromatic rings. The van der Waals surface area contributed by atoms with Gasteiger partial charge in [-0.3, -0.25) is 0 Å². The Morgan fingerprint density at radius 2 is 1.94 bits per heavy atom. The normalized spacial score (nSPS) is 12.3. The summed E-state index contributed by atoms with van der Waals surface area (Å²) >= 11 is 11.0. The van der Waals surface area contributed by atoms with Gasteiger partial charge in [-0.15, -0.1) is 11.6 Å². The summed E-state index contributed by atoms with van der Waals surface area (Å²) in [6.07, 6.45) is -0.268. The maximum absolute atomic E-state index is 12.4. The average molecular weight is 269 g/mol. The van der Waals surface area contributed by atoms with Crippen LogP contribution in [0.2, 0.25) is 5.02 Å². The molecule has 0 N–H and O–H groups in total. The van der Waals surface area contributed by atoms with E-state index in [1.165, 1.54) is 12.1 Å². The van der Waals surface area contributed by atoms with Gasteiger partial charge in [-0.05, 0) is 24.1 Å². The molecule has 0 radical (unpaired) electrons. The van der Waals surface area contributed by atoms with E-state index in [2.05, 4.69) is 0 Å². The number of hydrogen-bond donors (Lipinski definition) is 0. The van der Waals surface area contributed by atoms with Gasteiger partial charge >= 0.3 is 6.18 Å². The lowest BCUT2D eigenvalue weighted by Crippen LogP contribution is -2.05. The van der Waals surface area contributed by atoms with Crippen molar-refractivity contribution in [3.05, 3.63) is 40.4 Å². The fourth-order valence-electron chi connectivity index (χ4n) is 1.15. The molecule has 0 aliphatic heterocycles. The van der Waals surface area contributed by atoms with E-state index in [4.69, 9.17) is 23.2 Å². The van der Waals surface area contributed by atoms with Crippen molar-refractivity contribution >= 4 is 29.3 Å². The number of hydrogen-bond acceptors (Lipinski definition) is 0. The summed E-state index contributed by atoms with van der Waals surface area (Å²) in [4.78, 5) is 0. The van der Waals surface area contributed by atoms with Crippen molar-refractivity contribution < 1.29 is 13.2 Å². The van der Waals surface area contributed by atoms with Crippen LogP contribution in [0.5, 0.6) is 0 Å².